The van der Waals surface area contributed by atoms with E-state index in [0.29, 0.717) is 41.7 Å². The van der Waals surface area contributed by atoms with Crippen LogP contribution in [0.5, 0.6) is 5.88 Å². The summed E-state index contributed by atoms with van der Waals surface area (Å²) in [5, 5.41) is 33.1. The number of piperidine rings is 1. The summed E-state index contributed by atoms with van der Waals surface area (Å²) < 4.78 is 27.9. The first kappa shape index (κ1) is 37.6. The van der Waals surface area contributed by atoms with Gasteiger partial charge in [0.25, 0.3) is 11.8 Å². The van der Waals surface area contributed by atoms with Crippen LogP contribution in [0, 0.1) is 5.82 Å². The van der Waals surface area contributed by atoms with E-state index in [1.807, 2.05) is 12.1 Å². The van der Waals surface area contributed by atoms with Gasteiger partial charge in [-0.25, -0.2) is 19.2 Å². The number of β-amino-alcohol motifs (C(OH)–C–C–N with tert-alkyl or cyclic N) is 1. The Morgan fingerprint density at radius 3 is 2.57 bits per heavy atom. The summed E-state index contributed by atoms with van der Waals surface area (Å²) in [6.45, 7) is 4.30. The van der Waals surface area contributed by atoms with Crippen LogP contribution in [0.4, 0.5) is 4.39 Å². The molecule has 14 nitrogen and oxygen atoms in total. The van der Waals surface area contributed by atoms with Crippen LogP contribution in [-0.2, 0) is 34.0 Å². The molecule has 3 aliphatic rings. The SMILES string of the molecule is CC(O)(NC(=O)c1ccc2c(c1)nc(CN1CCC(c3cccc(OCc4ccc(Cl)cc4F)n3)CC1)n2C[C@@H]1CCO1)C(=O)N1C[C@H](O)C[C@H]1C(=O)O. The van der Waals surface area contributed by atoms with E-state index < -0.39 is 41.5 Å². The standard InChI is InChI=1S/C38H42ClFN6O8/c1-38(52,37(51)46-18-26(47)17-32(46)36(49)50)43-35(48)23-6-8-31-30(15-23)41-33(45(31)19-27-11-14-53-27)20-44-12-9-22(10-13-44)29-3-2-4-34(42-29)54-21-24-5-7-25(39)16-28(24)40/h2-8,15-16,22,26-27,32,47,52H,9-14,17-21H2,1H3,(H,43,48)(H,49,50)/t26-,27+,32+,38?/m1/s1. The van der Waals surface area contributed by atoms with Gasteiger partial charge in [0.15, 0.2) is 0 Å². The first-order valence-electron chi connectivity index (χ1n) is 18.0. The van der Waals surface area contributed by atoms with Crippen molar-refractivity contribution in [2.45, 2.75) is 82.2 Å². The van der Waals surface area contributed by atoms with Gasteiger partial charge in [-0.15, -0.1) is 0 Å². The Kier molecular flexibility index (Phi) is 10.9. The summed E-state index contributed by atoms with van der Waals surface area (Å²) in [5.74, 6) is -2.06. The number of carboxylic acid groups (broad SMARTS) is 1. The van der Waals surface area contributed by atoms with Crippen LogP contribution >= 0.6 is 11.6 Å². The third-order valence-corrected chi connectivity index (χ3v) is 10.6. The number of aliphatic hydroxyl groups excluding tert-OH is 1. The predicted octanol–water partition coefficient (Wildman–Crippen LogP) is 3.46. The molecule has 3 aliphatic heterocycles. The first-order chi connectivity index (χ1) is 25.8. The number of benzene rings is 2. The quantitative estimate of drug-likeness (QED) is 0.155. The average molecular weight is 765 g/mol. The summed E-state index contributed by atoms with van der Waals surface area (Å²) in [6, 6.07) is 13.8. The minimum atomic E-state index is -2.43. The second-order valence-electron chi connectivity index (χ2n) is 14.3. The number of pyridine rings is 1. The summed E-state index contributed by atoms with van der Waals surface area (Å²) in [7, 11) is 0. The molecule has 16 heteroatoms. The second-order valence-corrected chi connectivity index (χ2v) is 14.8. The van der Waals surface area contributed by atoms with Crippen LogP contribution in [0.25, 0.3) is 11.0 Å². The second kappa shape index (κ2) is 15.6. The van der Waals surface area contributed by atoms with Crippen LogP contribution in [-0.4, -0.2) is 108 Å². The van der Waals surface area contributed by atoms with Crippen molar-refractivity contribution < 1.29 is 43.6 Å². The smallest absolute Gasteiger partial charge is 0.326 e. The highest BCUT2D eigenvalue weighted by Crippen LogP contribution is 2.30. The molecular weight excluding hydrogens is 723 g/mol. The number of aliphatic hydroxyl groups is 2. The largest absolute Gasteiger partial charge is 0.480 e. The van der Waals surface area contributed by atoms with Gasteiger partial charge in [-0.2, -0.15) is 0 Å². The zero-order valence-corrected chi connectivity index (χ0v) is 30.4. The highest BCUT2D eigenvalue weighted by molar-refractivity contribution is 6.30. The zero-order valence-electron chi connectivity index (χ0n) is 29.7. The lowest BCUT2D eigenvalue weighted by atomic mass is 9.93. The number of halogens is 2. The van der Waals surface area contributed by atoms with Crippen molar-refractivity contribution in [2.75, 3.05) is 26.2 Å². The molecule has 54 heavy (non-hydrogen) atoms. The number of aromatic nitrogens is 3. The van der Waals surface area contributed by atoms with Crippen molar-refractivity contribution in [1.29, 1.82) is 0 Å². The van der Waals surface area contributed by atoms with E-state index in [9.17, 15) is 34.1 Å². The van der Waals surface area contributed by atoms with Gasteiger partial charge in [0.1, 0.15) is 24.3 Å². The normalized spacial score (nSPS) is 21.8. The summed E-state index contributed by atoms with van der Waals surface area (Å²) in [4.78, 5) is 51.0. The molecule has 3 saturated heterocycles. The number of likely N-dealkylation sites (tertiary alicyclic amines) is 2. The predicted molar refractivity (Wildman–Crippen MR) is 193 cm³/mol. The van der Waals surface area contributed by atoms with Crippen molar-refractivity contribution in [3.05, 3.63) is 88.1 Å². The van der Waals surface area contributed by atoms with Crippen LogP contribution in [0.15, 0.2) is 54.6 Å². The zero-order chi connectivity index (χ0) is 38.1. The minimum absolute atomic E-state index is 0.0386. The molecule has 2 aromatic carbocycles. The fourth-order valence-corrected chi connectivity index (χ4v) is 7.45. The minimum Gasteiger partial charge on any atom is -0.480 e. The number of nitrogens with one attached hydrogen (secondary N) is 1. The highest BCUT2D eigenvalue weighted by atomic mass is 35.5. The number of hydrogen-bond acceptors (Lipinski definition) is 10. The maximum absolute atomic E-state index is 14.2. The Morgan fingerprint density at radius 1 is 1.09 bits per heavy atom. The molecule has 7 rings (SSSR count). The van der Waals surface area contributed by atoms with Gasteiger partial charge in [-0.05, 0) is 75.7 Å². The maximum atomic E-state index is 14.2. The number of carboxylic acids is 1. The number of rotatable bonds is 12. The molecule has 4 N–H and O–H groups in total. The van der Waals surface area contributed by atoms with Gasteiger partial charge in [0, 0.05) is 53.4 Å². The number of carbonyl (C=O) groups excluding carboxylic acids is 2. The fourth-order valence-electron chi connectivity index (χ4n) is 7.29. The molecule has 2 amide bonds. The van der Waals surface area contributed by atoms with Crippen molar-refractivity contribution in [2.24, 2.45) is 0 Å². The number of fused-ring (bicyclic) bond motifs is 1. The lowest BCUT2D eigenvalue weighted by Gasteiger charge is -2.32. The van der Waals surface area contributed by atoms with Gasteiger partial charge >= 0.3 is 5.97 Å². The van der Waals surface area contributed by atoms with Gasteiger partial charge in [0.05, 0.1) is 36.3 Å². The third kappa shape index (κ3) is 8.20. The number of nitrogens with zero attached hydrogens (tertiary/aromatic N) is 5. The Bertz CT molecular complexity index is 2050. The molecule has 4 aromatic rings. The number of ether oxygens (including phenoxy) is 2. The lowest BCUT2D eigenvalue weighted by Crippen LogP contribution is -2.59. The number of hydrogen-bond donors (Lipinski definition) is 4. The Labute approximate surface area is 315 Å². The molecule has 1 unspecified atom stereocenters. The van der Waals surface area contributed by atoms with E-state index in [4.69, 9.17) is 31.0 Å². The van der Waals surface area contributed by atoms with E-state index in [1.165, 1.54) is 6.07 Å². The summed E-state index contributed by atoms with van der Waals surface area (Å²) in [6.07, 6.45) is 1.47. The molecule has 286 valence electrons. The Balaban J connectivity index is 1.01. The van der Waals surface area contributed by atoms with E-state index in [2.05, 4.69) is 14.8 Å². The van der Waals surface area contributed by atoms with Crippen molar-refractivity contribution >= 4 is 40.4 Å². The molecule has 0 spiro atoms. The number of aliphatic carboxylic acids is 1. The van der Waals surface area contributed by atoms with Crippen LogP contribution in [0.1, 0.15) is 66.0 Å². The van der Waals surface area contributed by atoms with Crippen molar-refractivity contribution in [3.8, 4) is 5.88 Å². The van der Waals surface area contributed by atoms with Gasteiger partial charge < -0.3 is 39.6 Å². The van der Waals surface area contributed by atoms with Crippen molar-refractivity contribution in [3.63, 3.8) is 0 Å². The number of amides is 2. The van der Waals surface area contributed by atoms with Gasteiger partial charge in [-0.1, -0.05) is 23.7 Å². The molecule has 0 bridgehead atoms. The van der Waals surface area contributed by atoms with E-state index in [1.54, 1.807) is 36.4 Å². The highest BCUT2D eigenvalue weighted by Gasteiger charge is 2.46. The fraction of sp³-hybridized carbons (Fsp3) is 0.447. The van der Waals surface area contributed by atoms with E-state index in [-0.39, 0.29) is 37.2 Å². The topological polar surface area (TPSA) is 180 Å². The number of carbonyl (C=O) groups is 3. The molecule has 3 fully saturated rings. The molecule has 5 heterocycles. The van der Waals surface area contributed by atoms with Crippen LogP contribution < -0.4 is 10.1 Å². The number of imidazole rings is 1. The summed E-state index contributed by atoms with van der Waals surface area (Å²) in [5.41, 5.74) is 0.412. The summed E-state index contributed by atoms with van der Waals surface area (Å²) >= 11 is 5.87. The van der Waals surface area contributed by atoms with Crippen LogP contribution in [0.2, 0.25) is 5.02 Å². The van der Waals surface area contributed by atoms with E-state index in [0.717, 1.165) is 61.2 Å². The monoisotopic (exact) mass is 764 g/mol. The molecule has 2 aromatic heterocycles. The molecule has 0 saturated carbocycles. The molecule has 0 radical (unpaired) electrons. The molecule has 0 aliphatic carbocycles. The van der Waals surface area contributed by atoms with E-state index >= 15 is 0 Å². The third-order valence-electron chi connectivity index (χ3n) is 10.4. The average Bonchev–Trinajstić information content (AvgIpc) is 3.68. The first-order valence-corrected chi connectivity index (χ1v) is 18.4. The van der Waals surface area contributed by atoms with Gasteiger partial charge in [-0.3, -0.25) is 14.5 Å². The molecule has 4 atom stereocenters. The molecular formula is C38H42ClFN6O8. The van der Waals surface area contributed by atoms with Crippen LogP contribution in [0.3, 0.4) is 0 Å². The van der Waals surface area contributed by atoms with Gasteiger partial charge in [0.2, 0.25) is 11.6 Å². The van der Waals surface area contributed by atoms with Crippen molar-refractivity contribution in [1.82, 2.24) is 29.7 Å². The Hall–Kier alpha value is -4.67. The lowest BCUT2D eigenvalue weighted by molar-refractivity contribution is -0.159. The maximum Gasteiger partial charge on any atom is 0.326 e. The Morgan fingerprint density at radius 2 is 1.87 bits per heavy atom.